The van der Waals surface area contributed by atoms with Gasteiger partial charge in [0.25, 0.3) is 0 Å². The first-order valence-corrected chi connectivity index (χ1v) is 11.3. The third-order valence-electron chi connectivity index (χ3n) is 6.32. The van der Waals surface area contributed by atoms with Crippen LogP contribution in [-0.4, -0.2) is 43.4 Å². The maximum Gasteiger partial charge on any atom is 0.248 e. The third-order valence-corrected chi connectivity index (χ3v) is 6.32. The lowest BCUT2D eigenvalue weighted by Gasteiger charge is -2.31. The second-order valence-corrected chi connectivity index (χ2v) is 10.1. The summed E-state index contributed by atoms with van der Waals surface area (Å²) in [6.45, 7) is 11.1. The van der Waals surface area contributed by atoms with Gasteiger partial charge in [0.1, 0.15) is 0 Å². The predicted octanol–water partition coefficient (Wildman–Crippen LogP) is 4.21. The van der Waals surface area contributed by atoms with Crippen LogP contribution in [0.5, 0.6) is 0 Å². The minimum Gasteiger partial charge on any atom is -0.366 e. The molecule has 2 aromatic carbocycles. The summed E-state index contributed by atoms with van der Waals surface area (Å²) >= 11 is 0. The number of nitrogens with two attached hydrogens (primary N) is 1. The van der Waals surface area contributed by atoms with E-state index in [9.17, 15) is 9.59 Å². The van der Waals surface area contributed by atoms with Crippen LogP contribution in [0, 0.1) is 19.3 Å². The van der Waals surface area contributed by atoms with Crippen LogP contribution in [0.3, 0.4) is 0 Å². The topological polar surface area (TPSA) is 75.4 Å². The van der Waals surface area contributed by atoms with E-state index in [1.54, 1.807) is 0 Å². The Bertz CT molecular complexity index is 907. The van der Waals surface area contributed by atoms with E-state index >= 15 is 0 Å². The number of hydrogen-bond acceptors (Lipinski definition) is 3. The van der Waals surface area contributed by atoms with Crippen molar-refractivity contribution in [3.05, 3.63) is 70.3 Å². The van der Waals surface area contributed by atoms with E-state index in [4.69, 9.17) is 5.73 Å². The van der Waals surface area contributed by atoms with E-state index < -0.39 is 5.91 Å². The van der Waals surface area contributed by atoms with Crippen LogP contribution < -0.4 is 11.1 Å². The van der Waals surface area contributed by atoms with Crippen LogP contribution in [0.4, 0.5) is 0 Å². The maximum atomic E-state index is 12.9. The number of primary amides is 1. The molecule has 2 aromatic rings. The van der Waals surface area contributed by atoms with Gasteiger partial charge in [-0.2, -0.15) is 0 Å². The zero-order chi connectivity index (χ0) is 24.1. The van der Waals surface area contributed by atoms with Crippen molar-refractivity contribution in [2.45, 2.75) is 59.4 Å². The van der Waals surface area contributed by atoms with Crippen molar-refractivity contribution >= 4 is 11.8 Å². The van der Waals surface area contributed by atoms with Gasteiger partial charge in [0, 0.05) is 24.6 Å². The van der Waals surface area contributed by atoms with Gasteiger partial charge < -0.3 is 16.0 Å². The first kappa shape index (κ1) is 25.6. The fraction of sp³-hybridized carbons (Fsp3) is 0.481. The van der Waals surface area contributed by atoms with Gasteiger partial charge in [0.2, 0.25) is 11.8 Å². The highest BCUT2D eigenvalue weighted by Crippen LogP contribution is 2.37. The first-order chi connectivity index (χ1) is 14.9. The van der Waals surface area contributed by atoms with Gasteiger partial charge >= 0.3 is 0 Å². The van der Waals surface area contributed by atoms with E-state index in [1.807, 2.05) is 58.3 Å². The predicted molar refractivity (Wildman–Crippen MR) is 132 cm³/mol. The molecule has 2 atom stereocenters. The highest BCUT2D eigenvalue weighted by molar-refractivity contribution is 5.93. The van der Waals surface area contributed by atoms with Crippen LogP contribution in [0.25, 0.3) is 0 Å². The van der Waals surface area contributed by atoms with Crippen LogP contribution in [0.1, 0.15) is 65.7 Å². The maximum absolute atomic E-state index is 12.9. The van der Waals surface area contributed by atoms with Crippen molar-refractivity contribution in [2.75, 3.05) is 20.6 Å². The molecule has 0 fully saturated rings. The Morgan fingerprint density at radius 1 is 1.03 bits per heavy atom. The Labute approximate surface area is 193 Å². The minimum absolute atomic E-state index is 0.0178. The molecule has 0 spiro atoms. The van der Waals surface area contributed by atoms with Crippen LogP contribution in [0.2, 0.25) is 0 Å². The summed E-state index contributed by atoms with van der Waals surface area (Å²) in [4.78, 5) is 26.6. The standard InChI is InChI=1S/C27H39N3O2/c1-18-13-21(26(28)32)14-19(2)23(18)15-22(30(6)7)17-29-25(31)16-24(27(3,4)5)20-11-9-8-10-12-20/h8-14,22,24H,15-17H2,1-7H3,(H2,28,32)(H,29,31)/t22-,24-/m0/s1. The minimum atomic E-state index is -0.411. The summed E-state index contributed by atoms with van der Waals surface area (Å²) in [6, 6.07) is 14.1. The Morgan fingerprint density at radius 3 is 2.06 bits per heavy atom. The molecule has 0 radical (unpaired) electrons. The zero-order valence-electron chi connectivity index (χ0n) is 20.7. The number of nitrogens with zero attached hydrogens (tertiary/aromatic N) is 1. The number of carbonyl (C=O) groups excluding carboxylic acids is 2. The highest BCUT2D eigenvalue weighted by Gasteiger charge is 2.28. The Hall–Kier alpha value is -2.66. The molecule has 2 amide bonds. The molecule has 0 aromatic heterocycles. The van der Waals surface area contributed by atoms with Crippen molar-refractivity contribution in [3.8, 4) is 0 Å². The summed E-state index contributed by atoms with van der Waals surface area (Å²) in [7, 11) is 4.06. The summed E-state index contributed by atoms with van der Waals surface area (Å²) in [5.41, 5.74) is 10.5. The van der Waals surface area contributed by atoms with Crippen molar-refractivity contribution in [1.82, 2.24) is 10.2 Å². The number of aryl methyl sites for hydroxylation is 2. The molecule has 174 valence electrons. The SMILES string of the molecule is Cc1cc(C(N)=O)cc(C)c1C[C@@H](CNC(=O)C[C@@H](c1ccccc1)C(C)(C)C)N(C)C. The molecule has 32 heavy (non-hydrogen) atoms. The number of nitrogens with one attached hydrogen (secondary N) is 1. The van der Waals surface area contributed by atoms with Crippen molar-refractivity contribution < 1.29 is 9.59 Å². The smallest absolute Gasteiger partial charge is 0.248 e. The monoisotopic (exact) mass is 437 g/mol. The molecule has 0 unspecified atom stereocenters. The summed E-state index contributed by atoms with van der Waals surface area (Å²) < 4.78 is 0. The van der Waals surface area contributed by atoms with E-state index in [-0.39, 0.29) is 23.3 Å². The average molecular weight is 438 g/mol. The summed E-state index contributed by atoms with van der Waals surface area (Å²) in [5.74, 6) is -0.198. The molecular formula is C27H39N3O2. The van der Waals surface area contributed by atoms with Gasteiger partial charge in [-0.05, 0) is 80.1 Å². The summed E-state index contributed by atoms with van der Waals surface area (Å²) in [5, 5.41) is 3.17. The van der Waals surface area contributed by atoms with Gasteiger partial charge in [-0.1, -0.05) is 51.1 Å². The molecule has 0 saturated carbocycles. The number of hydrogen-bond donors (Lipinski definition) is 2. The Kier molecular flexibility index (Phi) is 8.62. The molecule has 0 saturated heterocycles. The number of amides is 2. The number of benzene rings is 2. The Balaban J connectivity index is 2.09. The molecule has 0 aliphatic rings. The second-order valence-electron chi connectivity index (χ2n) is 10.1. The Morgan fingerprint density at radius 2 is 1.59 bits per heavy atom. The van der Waals surface area contributed by atoms with E-state index in [0.717, 1.165) is 17.5 Å². The van der Waals surface area contributed by atoms with Crippen LogP contribution in [-0.2, 0) is 11.2 Å². The quantitative estimate of drug-likeness (QED) is 0.617. The number of rotatable bonds is 9. The van der Waals surface area contributed by atoms with Crippen molar-refractivity contribution in [3.63, 3.8) is 0 Å². The van der Waals surface area contributed by atoms with Crippen molar-refractivity contribution in [1.29, 1.82) is 0 Å². The largest absolute Gasteiger partial charge is 0.366 e. The fourth-order valence-electron chi connectivity index (χ4n) is 4.23. The number of carbonyl (C=O) groups is 2. The number of likely N-dealkylation sites (N-methyl/N-ethyl adjacent to an activating group) is 1. The summed E-state index contributed by atoms with van der Waals surface area (Å²) in [6.07, 6.45) is 1.24. The van der Waals surface area contributed by atoms with Crippen LogP contribution in [0.15, 0.2) is 42.5 Å². The van der Waals surface area contributed by atoms with Gasteiger partial charge in [-0.3, -0.25) is 9.59 Å². The molecule has 2 rings (SSSR count). The van der Waals surface area contributed by atoms with Gasteiger partial charge in [0.05, 0.1) is 0 Å². The molecule has 0 heterocycles. The fourth-order valence-corrected chi connectivity index (χ4v) is 4.23. The molecule has 0 aliphatic carbocycles. The molecule has 3 N–H and O–H groups in total. The lowest BCUT2D eigenvalue weighted by molar-refractivity contribution is -0.122. The molecule has 0 aliphatic heterocycles. The zero-order valence-corrected chi connectivity index (χ0v) is 20.7. The molecular weight excluding hydrogens is 398 g/mol. The van der Waals surface area contributed by atoms with Gasteiger partial charge in [0.15, 0.2) is 0 Å². The van der Waals surface area contributed by atoms with E-state index in [2.05, 4.69) is 43.1 Å². The highest BCUT2D eigenvalue weighted by atomic mass is 16.1. The molecule has 0 bridgehead atoms. The average Bonchev–Trinajstić information content (AvgIpc) is 2.70. The lowest BCUT2D eigenvalue weighted by Crippen LogP contribution is -2.42. The normalized spacial score (nSPS) is 13.6. The molecule has 5 heteroatoms. The van der Waals surface area contributed by atoms with E-state index in [1.165, 1.54) is 11.1 Å². The third kappa shape index (κ3) is 6.92. The second kappa shape index (κ2) is 10.8. The van der Waals surface area contributed by atoms with Crippen LogP contribution >= 0.6 is 0 Å². The lowest BCUT2D eigenvalue weighted by atomic mass is 9.74. The van der Waals surface area contributed by atoms with Gasteiger partial charge in [-0.25, -0.2) is 0 Å². The first-order valence-electron chi connectivity index (χ1n) is 11.3. The van der Waals surface area contributed by atoms with Gasteiger partial charge in [-0.15, -0.1) is 0 Å². The molecule has 5 nitrogen and oxygen atoms in total. The van der Waals surface area contributed by atoms with E-state index in [0.29, 0.717) is 18.5 Å². The van der Waals surface area contributed by atoms with Crippen molar-refractivity contribution in [2.24, 2.45) is 11.1 Å².